The largest absolute Gasteiger partial charge is 0.381 e. The fraction of sp³-hybridized carbons (Fsp3) is 0.105. The number of aryl methyl sites for hydroxylation is 1. The highest BCUT2D eigenvalue weighted by molar-refractivity contribution is 5.64. The number of anilines is 1. The van der Waals surface area contributed by atoms with Gasteiger partial charge >= 0.3 is 0 Å². The second-order valence-electron chi connectivity index (χ2n) is 5.81. The number of benzene rings is 2. The Hall–Kier alpha value is -3.41. The summed E-state index contributed by atoms with van der Waals surface area (Å²) in [5, 5.41) is 17.7. The minimum absolute atomic E-state index is 0.694. The third kappa shape index (κ3) is 3.28. The first-order valence-corrected chi connectivity index (χ1v) is 8.10. The highest BCUT2D eigenvalue weighted by Crippen LogP contribution is 2.22. The zero-order valence-corrected chi connectivity index (χ0v) is 13.8. The van der Waals surface area contributed by atoms with Crippen LogP contribution in [-0.2, 0) is 6.54 Å². The van der Waals surface area contributed by atoms with E-state index in [0.29, 0.717) is 12.4 Å². The molecule has 124 valence electrons. The molecule has 0 radical (unpaired) electrons. The molecule has 0 unspecified atom stereocenters. The van der Waals surface area contributed by atoms with Crippen molar-refractivity contribution in [3.05, 3.63) is 72.2 Å². The molecule has 0 aliphatic carbocycles. The van der Waals surface area contributed by atoms with Crippen LogP contribution in [0.3, 0.4) is 0 Å². The minimum atomic E-state index is 0.694. The molecule has 0 bridgehead atoms. The lowest BCUT2D eigenvalue weighted by Crippen LogP contribution is -1.99. The normalized spacial score (nSPS) is 10.8. The van der Waals surface area contributed by atoms with Crippen molar-refractivity contribution < 1.29 is 0 Å². The Labute approximate surface area is 145 Å². The topological polar surface area (TPSA) is 82.3 Å². The third-order valence-electron chi connectivity index (χ3n) is 4.00. The molecular formula is C19H18N6. The number of nitrogens with zero attached hydrogens (tertiary/aromatic N) is 3. The summed E-state index contributed by atoms with van der Waals surface area (Å²) in [6.45, 7) is 2.58. The molecule has 0 fully saturated rings. The highest BCUT2D eigenvalue weighted by Gasteiger charge is 2.08. The van der Waals surface area contributed by atoms with E-state index in [0.717, 1.165) is 33.9 Å². The Morgan fingerprint density at radius 3 is 2.44 bits per heavy atom. The molecule has 0 aliphatic heterocycles. The second-order valence-corrected chi connectivity index (χ2v) is 5.81. The first kappa shape index (κ1) is 15.1. The van der Waals surface area contributed by atoms with Gasteiger partial charge in [0, 0.05) is 23.4 Å². The van der Waals surface area contributed by atoms with Gasteiger partial charge in [0.25, 0.3) is 0 Å². The van der Waals surface area contributed by atoms with Crippen LogP contribution in [0.5, 0.6) is 0 Å². The van der Waals surface area contributed by atoms with E-state index in [1.54, 1.807) is 0 Å². The van der Waals surface area contributed by atoms with Crippen molar-refractivity contribution in [1.29, 1.82) is 0 Å². The molecule has 2 aromatic heterocycles. The van der Waals surface area contributed by atoms with Gasteiger partial charge < -0.3 is 5.32 Å². The molecule has 3 N–H and O–H groups in total. The maximum atomic E-state index is 4.34. The Kier molecular flexibility index (Phi) is 4.00. The molecule has 0 saturated carbocycles. The van der Waals surface area contributed by atoms with Crippen molar-refractivity contribution in [2.45, 2.75) is 13.5 Å². The molecular weight excluding hydrogens is 312 g/mol. The van der Waals surface area contributed by atoms with Gasteiger partial charge in [0.1, 0.15) is 5.82 Å². The van der Waals surface area contributed by atoms with Crippen LogP contribution in [0.1, 0.15) is 11.4 Å². The summed E-state index contributed by atoms with van der Waals surface area (Å²) in [5.74, 6) is 1.52. The van der Waals surface area contributed by atoms with Gasteiger partial charge in [0.15, 0.2) is 5.82 Å². The van der Waals surface area contributed by atoms with Crippen LogP contribution in [-0.4, -0.2) is 25.4 Å². The van der Waals surface area contributed by atoms with Gasteiger partial charge in [-0.25, -0.2) is 4.98 Å². The van der Waals surface area contributed by atoms with Crippen LogP contribution in [0.15, 0.2) is 60.8 Å². The van der Waals surface area contributed by atoms with E-state index in [1.165, 1.54) is 0 Å². The van der Waals surface area contributed by atoms with E-state index in [2.05, 4.69) is 42.8 Å². The average molecular weight is 330 g/mol. The molecule has 0 atom stereocenters. The molecule has 0 spiro atoms. The lowest BCUT2D eigenvalue weighted by Gasteiger charge is -2.07. The maximum absolute atomic E-state index is 4.34. The van der Waals surface area contributed by atoms with Crippen molar-refractivity contribution >= 4 is 5.69 Å². The third-order valence-corrected chi connectivity index (χ3v) is 4.00. The molecule has 0 amide bonds. The van der Waals surface area contributed by atoms with E-state index in [-0.39, 0.29) is 0 Å². The van der Waals surface area contributed by atoms with Crippen molar-refractivity contribution in [2.24, 2.45) is 0 Å². The summed E-state index contributed by atoms with van der Waals surface area (Å²) in [4.78, 5) is 4.34. The van der Waals surface area contributed by atoms with Crippen LogP contribution < -0.4 is 5.32 Å². The highest BCUT2D eigenvalue weighted by atomic mass is 15.2. The van der Waals surface area contributed by atoms with Gasteiger partial charge in [-0.3, -0.25) is 10.2 Å². The van der Waals surface area contributed by atoms with E-state index in [1.807, 2.05) is 55.6 Å². The summed E-state index contributed by atoms with van der Waals surface area (Å²) in [7, 11) is 0. The number of aromatic nitrogens is 5. The minimum Gasteiger partial charge on any atom is -0.381 e. The SMILES string of the molecule is Cc1nc(-c2ccc(NCc3cn[nH]c3-c3ccccc3)cc2)n[nH]1. The molecule has 6 nitrogen and oxygen atoms in total. The van der Waals surface area contributed by atoms with Crippen molar-refractivity contribution in [3.63, 3.8) is 0 Å². The van der Waals surface area contributed by atoms with Gasteiger partial charge in [-0.1, -0.05) is 30.3 Å². The van der Waals surface area contributed by atoms with Gasteiger partial charge in [0.05, 0.1) is 11.9 Å². The predicted octanol–water partition coefficient (Wildman–Crippen LogP) is 3.78. The van der Waals surface area contributed by atoms with Crippen molar-refractivity contribution in [3.8, 4) is 22.6 Å². The number of rotatable bonds is 5. The quantitative estimate of drug-likeness (QED) is 0.520. The summed E-state index contributed by atoms with van der Waals surface area (Å²) in [6, 6.07) is 18.3. The van der Waals surface area contributed by atoms with Gasteiger partial charge in [-0.2, -0.15) is 10.2 Å². The van der Waals surface area contributed by atoms with Gasteiger partial charge in [0.2, 0.25) is 0 Å². The molecule has 2 heterocycles. The summed E-state index contributed by atoms with van der Waals surface area (Å²) in [5.41, 5.74) is 5.33. The van der Waals surface area contributed by atoms with Gasteiger partial charge in [-0.05, 0) is 36.8 Å². The maximum Gasteiger partial charge on any atom is 0.181 e. The monoisotopic (exact) mass is 330 g/mol. The fourth-order valence-corrected chi connectivity index (χ4v) is 2.71. The number of hydrogen-bond acceptors (Lipinski definition) is 4. The summed E-state index contributed by atoms with van der Waals surface area (Å²) >= 11 is 0. The summed E-state index contributed by atoms with van der Waals surface area (Å²) in [6.07, 6.45) is 1.86. The average Bonchev–Trinajstić information content (AvgIpc) is 3.30. The van der Waals surface area contributed by atoms with Crippen molar-refractivity contribution in [2.75, 3.05) is 5.32 Å². The van der Waals surface area contributed by atoms with Crippen LogP contribution in [0, 0.1) is 6.92 Å². The standard InChI is InChI=1S/C19H18N6/c1-13-22-19(25-23-13)15-7-9-17(10-8-15)20-11-16-12-21-24-18(16)14-5-3-2-4-6-14/h2-10,12,20H,11H2,1H3,(H,21,24)(H,22,23,25). The van der Waals surface area contributed by atoms with Crippen LogP contribution in [0.2, 0.25) is 0 Å². The van der Waals surface area contributed by atoms with Crippen LogP contribution in [0.4, 0.5) is 5.69 Å². The van der Waals surface area contributed by atoms with Gasteiger partial charge in [-0.15, -0.1) is 0 Å². The Morgan fingerprint density at radius 2 is 1.72 bits per heavy atom. The smallest absolute Gasteiger partial charge is 0.181 e. The molecule has 2 aromatic carbocycles. The molecule has 6 heteroatoms. The summed E-state index contributed by atoms with van der Waals surface area (Å²) < 4.78 is 0. The predicted molar refractivity (Wildman–Crippen MR) is 97.9 cm³/mol. The Bertz CT molecular complexity index is 953. The number of H-pyrrole nitrogens is 2. The lowest BCUT2D eigenvalue weighted by atomic mass is 10.1. The molecule has 4 aromatic rings. The number of aromatic amines is 2. The van der Waals surface area contributed by atoms with Crippen molar-refractivity contribution in [1.82, 2.24) is 25.4 Å². The van der Waals surface area contributed by atoms with E-state index in [4.69, 9.17) is 0 Å². The Morgan fingerprint density at radius 1 is 0.920 bits per heavy atom. The number of nitrogens with one attached hydrogen (secondary N) is 3. The van der Waals surface area contributed by atoms with Crippen LogP contribution >= 0.6 is 0 Å². The van der Waals surface area contributed by atoms with Crippen LogP contribution in [0.25, 0.3) is 22.6 Å². The zero-order valence-electron chi connectivity index (χ0n) is 13.8. The number of hydrogen-bond donors (Lipinski definition) is 3. The van der Waals surface area contributed by atoms with E-state index < -0.39 is 0 Å². The molecule has 25 heavy (non-hydrogen) atoms. The van der Waals surface area contributed by atoms with E-state index in [9.17, 15) is 0 Å². The fourth-order valence-electron chi connectivity index (χ4n) is 2.71. The zero-order chi connectivity index (χ0) is 17.1. The second kappa shape index (κ2) is 6.60. The molecule has 0 saturated heterocycles. The molecule has 0 aliphatic rings. The van der Waals surface area contributed by atoms with E-state index >= 15 is 0 Å². The first-order valence-electron chi connectivity index (χ1n) is 8.10. The first-order chi connectivity index (χ1) is 12.3. The Balaban J connectivity index is 1.47. The lowest BCUT2D eigenvalue weighted by molar-refractivity contribution is 1.04. The molecule has 4 rings (SSSR count).